The van der Waals surface area contributed by atoms with Crippen molar-refractivity contribution in [1.29, 1.82) is 0 Å². The molecular formula is C16H24N2O5S. The largest absolute Gasteiger partial charge is 0.497 e. The van der Waals surface area contributed by atoms with E-state index in [1.54, 1.807) is 19.2 Å². The predicted octanol–water partition coefficient (Wildman–Crippen LogP) is -0.0516. The van der Waals surface area contributed by atoms with Gasteiger partial charge >= 0.3 is 0 Å². The van der Waals surface area contributed by atoms with Gasteiger partial charge in [-0.1, -0.05) is 12.1 Å². The maximum absolute atomic E-state index is 12.4. The number of hydrogen-bond donors (Lipinski definition) is 1. The molecule has 0 unspecified atom stereocenters. The van der Waals surface area contributed by atoms with Gasteiger partial charge in [0, 0.05) is 33.1 Å². The van der Waals surface area contributed by atoms with Crippen LogP contribution >= 0.6 is 0 Å². The van der Waals surface area contributed by atoms with Crippen LogP contribution in [0.4, 0.5) is 0 Å². The molecule has 0 aromatic heterocycles. The Hall–Kier alpha value is -1.64. The molecule has 0 saturated carbocycles. The Morgan fingerprint density at radius 3 is 2.71 bits per heavy atom. The highest BCUT2D eigenvalue weighted by Crippen LogP contribution is 2.21. The van der Waals surface area contributed by atoms with Crippen molar-refractivity contribution in [2.45, 2.75) is 12.5 Å². The Labute approximate surface area is 142 Å². The molecule has 2 rings (SSSR count). The summed E-state index contributed by atoms with van der Waals surface area (Å²) in [7, 11) is 1.07. The maximum Gasteiger partial charge on any atom is 0.227 e. The van der Waals surface area contributed by atoms with E-state index in [4.69, 9.17) is 4.74 Å². The average molecular weight is 356 g/mol. The minimum atomic E-state index is -3.41. The van der Waals surface area contributed by atoms with Crippen LogP contribution in [0.1, 0.15) is 5.56 Å². The fourth-order valence-electron chi connectivity index (χ4n) is 2.71. The van der Waals surface area contributed by atoms with Crippen LogP contribution in [0, 0.1) is 5.92 Å². The van der Waals surface area contributed by atoms with Gasteiger partial charge in [-0.2, -0.15) is 0 Å². The molecule has 24 heavy (non-hydrogen) atoms. The first-order valence-corrected chi connectivity index (χ1v) is 9.33. The Bertz CT molecular complexity index is 689. The molecule has 0 spiro atoms. The van der Waals surface area contributed by atoms with Crippen molar-refractivity contribution in [2.75, 3.05) is 40.0 Å². The van der Waals surface area contributed by atoms with E-state index in [-0.39, 0.29) is 31.2 Å². The molecule has 1 aliphatic rings. The summed E-state index contributed by atoms with van der Waals surface area (Å²) < 4.78 is 30.2. The van der Waals surface area contributed by atoms with E-state index >= 15 is 0 Å². The van der Waals surface area contributed by atoms with E-state index in [1.165, 1.54) is 19.0 Å². The Kier molecular flexibility index (Phi) is 5.84. The molecule has 1 fully saturated rings. The SMILES string of the molecule is COc1cccc(CC(=O)N2C[C@@H](CS(=O)(=O)N(C)C)[C@H](O)C2)c1. The Balaban J connectivity index is 1.99. The molecule has 1 saturated heterocycles. The number of hydrogen-bond acceptors (Lipinski definition) is 5. The number of sulfonamides is 1. The lowest BCUT2D eigenvalue weighted by Gasteiger charge is -2.18. The van der Waals surface area contributed by atoms with Crippen molar-refractivity contribution in [1.82, 2.24) is 9.21 Å². The van der Waals surface area contributed by atoms with Gasteiger partial charge < -0.3 is 14.7 Å². The summed E-state index contributed by atoms with van der Waals surface area (Å²) in [5, 5.41) is 10.1. The number of methoxy groups -OCH3 is 1. The molecule has 7 nitrogen and oxygen atoms in total. The van der Waals surface area contributed by atoms with Crippen molar-refractivity contribution in [3.63, 3.8) is 0 Å². The van der Waals surface area contributed by atoms with Crippen LogP contribution in [0.25, 0.3) is 0 Å². The first kappa shape index (κ1) is 18.7. The van der Waals surface area contributed by atoms with Crippen LogP contribution in [0.5, 0.6) is 5.75 Å². The van der Waals surface area contributed by atoms with Crippen LogP contribution < -0.4 is 4.74 Å². The van der Waals surface area contributed by atoms with E-state index in [0.717, 1.165) is 9.87 Å². The molecule has 8 heteroatoms. The van der Waals surface area contributed by atoms with E-state index in [9.17, 15) is 18.3 Å². The number of β-amino-alcohol motifs (C(OH)–C–C–N with tert-alkyl or cyclic N) is 1. The van der Waals surface area contributed by atoms with Gasteiger partial charge in [0.05, 0.1) is 25.4 Å². The molecule has 0 aliphatic carbocycles. The number of carbonyl (C=O) groups is 1. The lowest BCUT2D eigenvalue weighted by Crippen LogP contribution is -2.34. The van der Waals surface area contributed by atoms with Gasteiger partial charge in [0.15, 0.2) is 0 Å². The maximum atomic E-state index is 12.4. The zero-order chi connectivity index (χ0) is 17.9. The van der Waals surface area contributed by atoms with Gasteiger partial charge in [0.2, 0.25) is 15.9 Å². The fraction of sp³-hybridized carbons (Fsp3) is 0.562. The first-order chi connectivity index (χ1) is 11.2. The number of carbonyl (C=O) groups excluding carboxylic acids is 1. The minimum Gasteiger partial charge on any atom is -0.497 e. The number of rotatable bonds is 6. The first-order valence-electron chi connectivity index (χ1n) is 7.72. The van der Waals surface area contributed by atoms with E-state index in [2.05, 4.69) is 0 Å². The number of aliphatic hydroxyl groups is 1. The van der Waals surface area contributed by atoms with Crippen LogP contribution in [0.2, 0.25) is 0 Å². The zero-order valence-corrected chi connectivity index (χ0v) is 15.0. The normalized spacial score (nSPS) is 21.3. The van der Waals surface area contributed by atoms with Crippen molar-refractivity contribution >= 4 is 15.9 Å². The second kappa shape index (κ2) is 7.50. The summed E-state index contributed by atoms with van der Waals surface area (Å²) in [6.45, 7) is 0.410. The lowest BCUT2D eigenvalue weighted by atomic mass is 10.1. The smallest absolute Gasteiger partial charge is 0.227 e. The lowest BCUT2D eigenvalue weighted by molar-refractivity contribution is -0.129. The van der Waals surface area contributed by atoms with Gasteiger partial charge in [0.1, 0.15) is 5.75 Å². The summed E-state index contributed by atoms with van der Waals surface area (Å²) in [6.07, 6.45) is -0.633. The molecule has 1 amide bonds. The highest BCUT2D eigenvalue weighted by Gasteiger charge is 2.37. The second-order valence-corrected chi connectivity index (χ2v) is 8.44. The van der Waals surface area contributed by atoms with E-state index < -0.39 is 22.0 Å². The highest BCUT2D eigenvalue weighted by molar-refractivity contribution is 7.89. The monoisotopic (exact) mass is 356 g/mol. The van der Waals surface area contributed by atoms with Gasteiger partial charge in [0.25, 0.3) is 0 Å². The fourth-order valence-corrected chi connectivity index (χ4v) is 3.88. The van der Waals surface area contributed by atoms with Crippen molar-refractivity contribution in [2.24, 2.45) is 5.92 Å². The molecule has 2 atom stereocenters. The van der Waals surface area contributed by atoms with Crippen molar-refractivity contribution in [3.05, 3.63) is 29.8 Å². The Morgan fingerprint density at radius 1 is 1.38 bits per heavy atom. The summed E-state index contributed by atoms with van der Waals surface area (Å²) in [6, 6.07) is 7.24. The van der Waals surface area contributed by atoms with E-state index in [1.807, 2.05) is 12.1 Å². The van der Waals surface area contributed by atoms with Gasteiger partial charge in [-0.3, -0.25) is 4.79 Å². The third-order valence-corrected chi connectivity index (χ3v) is 6.19. The number of nitrogens with zero attached hydrogens (tertiary/aromatic N) is 2. The third kappa shape index (κ3) is 4.46. The van der Waals surface area contributed by atoms with Crippen LogP contribution in [-0.4, -0.2) is 74.8 Å². The van der Waals surface area contributed by atoms with Crippen LogP contribution in [-0.2, 0) is 21.2 Å². The number of likely N-dealkylation sites (tertiary alicyclic amines) is 1. The van der Waals surface area contributed by atoms with Gasteiger partial charge in [-0.05, 0) is 17.7 Å². The second-order valence-electron chi connectivity index (χ2n) is 6.22. The molecule has 0 radical (unpaired) electrons. The molecule has 0 bridgehead atoms. The molecule has 1 aliphatic heterocycles. The van der Waals surface area contributed by atoms with Crippen LogP contribution in [0.3, 0.4) is 0 Å². The third-order valence-electron chi connectivity index (χ3n) is 4.23. The zero-order valence-electron chi connectivity index (χ0n) is 14.2. The molecule has 1 aromatic carbocycles. The minimum absolute atomic E-state index is 0.132. The molecule has 134 valence electrons. The Morgan fingerprint density at radius 2 is 2.08 bits per heavy atom. The number of benzene rings is 1. The van der Waals surface area contributed by atoms with Crippen molar-refractivity contribution < 1.29 is 23.1 Å². The molecule has 1 heterocycles. The van der Waals surface area contributed by atoms with Crippen molar-refractivity contribution in [3.8, 4) is 5.75 Å². The topological polar surface area (TPSA) is 87.2 Å². The van der Waals surface area contributed by atoms with Crippen LogP contribution in [0.15, 0.2) is 24.3 Å². The highest BCUT2D eigenvalue weighted by atomic mass is 32.2. The van der Waals surface area contributed by atoms with Gasteiger partial charge in [-0.15, -0.1) is 0 Å². The van der Waals surface area contributed by atoms with Gasteiger partial charge in [-0.25, -0.2) is 12.7 Å². The number of amides is 1. The number of ether oxygens (including phenoxy) is 1. The molecule has 1 aromatic rings. The summed E-state index contributed by atoms with van der Waals surface area (Å²) in [5.41, 5.74) is 0.818. The summed E-state index contributed by atoms with van der Waals surface area (Å²) >= 11 is 0. The molecule has 1 N–H and O–H groups in total. The predicted molar refractivity (Wildman–Crippen MR) is 90.2 cm³/mol. The summed E-state index contributed by atoms with van der Waals surface area (Å²) in [5.74, 6) is -0.0835. The quantitative estimate of drug-likeness (QED) is 0.772. The average Bonchev–Trinajstić information content (AvgIpc) is 2.88. The molecular weight excluding hydrogens is 332 g/mol. The standard InChI is InChI=1S/C16H24N2O5S/c1-17(2)24(21,22)11-13-9-18(10-15(13)19)16(20)8-12-5-4-6-14(7-12)23-3/h4-7,13,15,19H,8-11H2,1-3H3/t13-,15+/m0/s1. The number of aliphatic hydroxyl groups excluding tert-OH is 1. The summed E-state index contributed by atoms with van der Waals surface area (Å²) in [4.78, 5) is 13.9. The van der Waals surface area contributed by atoms with E-state index in [0.29, 0.717) is 5.75 Å².